The highest BCUT2D eigenvalue weighted by Crippen LogP contribution is 2.23. The van der Waals surface area contributed by atoms with Crippen molar-refractivity contribution in [2.45, 2.75) is 13.5 Å². The Morgan fingerprint density at radius 3 is 3.04 bits per heavy atom. The Morgan fingerprint density at radius 1 is 1.35 bits per heavy atom. The van der Waals surface area contributed by atoms with E-state index in [1.54, 1.807) is 18.4 Å². The van der Waals surface area contributed by atoms with Gasteiger partial charge in [0, 0.05) is 5.71 Å². The minimum absolute atomic E-state index is 0. The number of furan rings is 1. The second-order valence-corrected chi connectivity index (χ2v) is 5.86. The summed E-state index contributed by atoms with van der Waals surface area (Å²) in [4.78, 5) is 28.4. The quantitative estimate of drug-likeness (QED) is 0.515. The average molecular weight is 356 g/mol. The van der Waals surface area contributed by atoms with E-state index >= 15 is 0 Å². The number of benzene rings is 1. The van der Waals surface area contributed by atoms with Crippen LogP contribution in [0.3, 0.4) is 0 Å². The normalized spacial score (nSPS) is 11.0. The molecule has 0 fully saturated rings. The number of nitrogens with zero attached hydrogens (tertiary/aromatic N) is 3. The van der Waals surface area contributed by atoms with Gasteiger partial charge >= 0.3 is 0 Å². The van der Waals surface area contributed by atoms with E-state index in [0.29, 0.717) is 17.3 Å². The topological polar surface area (TPSA) is 123 Å². The molecule has 0 spiro atoms. The molecule has 0 aliphatic carbocycles. The first-order valence-corrected chi connectivity index (χ1v) is 8.00. The van der Waals surface area contributed by atoms with Crippen molar-refractivity contribution in [2.24, 2.45) is 0 Å². The minimum Gasteiger partial charge on any atom is -0.467 e. The molecule has 1 amide bonds. The van der Waals surface area contributed by atoms with Gasteiger partial charge in [-0.3, -0.25) is 4.79 Å². The standard InChI is InChI=1S/C18H16N6O2.4H2/c1-10-4-5-12-13(7-10)24-17(23-12)15-16(19)20-9-14(22-15)18(25)21-8-11-3-2-6-26-11;;;;/h2-7,9H,8H2,1H3,(H2,19,20)(H,21,25)(H,23,24);4*1H. The van der Waals surface area contributed by atoms with Crippen LogP contribution in [0.25, 0.3) is 22.6 Å². The molecule has 8 heteroatoms. The molecule has 0 bridgehead atoms. The Balaban J connectivity index is 0.00000210. The fourth-order valence-corrected chi connectivity index (χ4v) is 2.59. The summed E-state index contributed by atoms with van der Waals surface area (Å²) < 4.78 is 5.19. The smallest absolute Gasteiger partial charge is 0.271 e. The number of anilines is 1. The first-order chi connectivity index (χ1) is 12.6. The van der Waals surface area contributed by atoms with Gasteiger partial charge in [0.15, 0.2) is 11.6 Å². The molecule has 4 rings (SSSR count). The molecule has 26 heavy (non-hydrogen) atoms. The molecule has 138 valence electrons. The van der Waals surface area contributed by atoms with Crippen molar-refractivity contribution in [1.82, 2.24) is 25.3 Å². The van der Waals surface area contributed by atoms with Crippen molar-refractivity contribution in [3.63, 3.8) is 0 Å². The van der Waals surface area contributed by atoms with Gasteiger partial charge in [-0.05, 0) is 36.8 Å². The van der Waals surface area contributed by atoms with Crippen molar-refractivity contribution in [2.75, 3.05) is 5.73 Å². The number of rotatable bonds is 4. The van der Waals surface area contributed by atoms with Gasteiger partial charge in [0.1, 0.15) is 17.1 Å². The molecule has 3 aromatic heterocycles. The number of aromatic nitrogens is 4. The van der Waals surface area contributed by atoms with E-state index in [9.17, 15) is 4.79 Å². The third-order valence-corrected chi connectivity index (χ3v) is 3.90. The largest absolute Gasteiger partial charge is 0.467 e. The maximum atomic E-state index is 12.3. The van der Waals surface area contributed by atoms with Crippen molar-refractivity contribution < 1.29 is 14.9 Å². The highest BCUT2D eigenvalue weighted by molar-refractivity contribution is 5.93. The number of aromatic amines is 1. The van der Waals surface area contributed by atoms with Gasteiger partial charge in [-0.25, -0.2) is 15.0 Å². The molecular weight excluding hydrogens is 332 g/mol. The zero-order valence-electron chi connectivity index (χ0n) is 14.0. The van der Waals surface area contributed by atoms with E-state index in [-0.39, 0.29) is 29.7 Å². The Kier molecular flexibility index (Phi) is 3.85. The fraction of sp³-hybridized carbons (Fsp3) is 0.111. The van der Waals surface area contributed by atoms with Gasteiger partial charge in [-0.15, -0.1) is 0 Å². The number of fused-ring (bicyclic) bond motifs is 1. The van der Waals surface area contributed by atoms with Crippen LogP contribution in [-0.2, 0) is 6.54 Å². The molecule has 8 nitrogen and oxygen atoms in total. The number of carbonyl (C=O) groups is 1. The van der Waals surface area contributed by atoms with Gasteiger partial charge in [0.2, 0.25) is 0 Å². The highest BCUT2D eigenvalue weighted by atomic mass is 16.3. The Hall–Kier alpha value is -3.68. The first-order valence-electron chi connectivity index (χ1n) is 8.00. The SMILES string of the molecule is Cc1ccc2nc(-c3nc(C(=O)NCc4ccco4)cnc3N)[nH]c2c1.[HH].[HH].[HH].[HH]. The second kappa shape index (κ2) is 6.32. The van der Waals surface area contributed by atoms with Crippen molar-refractivity contribution in [3.05, 3.63) is 59.8 Å². The summed E-state index contributed by atoms with van der Waals surface area (Å²) >= 11 is 0. The van der Waals surface area contributed by atoms with Crippen LogP contribution in [0.4, 0.5) is 5.82 Å². The van der Waals surface area contributed by atoms with Crippen LogP contribution < -0.4 is 11.1 Å². The van der Waals surface area contributed by atoms with E-state index in [1.165, 1.54) is 6.20 Å². The summed E-state index contributed by atoms with van der Waals surface area (Å²) in [6.45, 7) is 2.26. The average Bonchev–Trinajstić information content (AvgIpc) is 3.29. The van der Waals surface area contributed by atoms with Crippen LogP contribution in [0.1, 0.15) is 27.5 Å². The molecule has 0 aliphatic heterocycles. The van der Waals surface area contributed by atoms with Crippen LogP contribution >= 0.6 is 0 Å². The molecule has 4 N–H and O–H groups in total. The van der Waals surface area contributed by atoms with Gasteiger partial charge in [0.25, 0.3) is 5.91 Å². The number of hydrogen-bond donors (Lipinski definition) is 3. The number of imidazole rings is 1. The van der Waals surface area contributed by atoms with E-state index in [1.807, 2.05) is 25.1 Å². The van der Waals surface area contributed by atoms with E-state index in [0.717, 1.165) is 16.6 Å². The van der Waals surface area contributed by atoms with E-state index in [2.05, 4.69) is 25.3 Å². The van der Waals surface area contributed by atoms with E-state index < -0.39 is 0 Å². The molecule has 0 unspecified atom stereocenters. The number of amides is 1. The lowest BCUT2D eigenvalue weighted by atomic mass is 10.2. The third-order valence-electron chi connectivity index (χ3n) is 3.90. The van der Waals surface area contributed by atoms with Gasteiger partial charge < -0.3 is 20.5 Å². The van der Waals surface area contributed by atoms with Crippen LogP contribution in [0.15, 0.2) is 47.2 Å². The summed E-state index contributed by atoms with van der Waals surface area (Å²) in [6.07, 6.45) is 2.88. The van der Waals surface area contributed by atoms with Gasteiger partial charge in [-0.1, -0.05) is 6.07 Å². The number of nitrogens with one attached hydrogen (secondary N) is 2. The Bertz CT molecular complexity index is 1100. The van der Waals surface area contributed by atoms with Crippen LogP contribution in [0.5, 0.6) is 0 Å². The number of hydrogen-bond acceptors (Lipinski definition) is 6. The second-order valence-electron chi connectivity index (χ2n) is 5.86. The maximum absolute atomic E-state index is 12.3. The molecule has 3 heterocycles. The molecule has 0 radical (unpaired) electrons. The fourth-order valence-electron chi connectivity index (χ4n) is 2.59. The molecule has 1 aromatic carbocycles. The number of H-pyrrole nitrogens is 1. The van der Waals surface area contributed by atoms with Crippen molar-refractivity contribution >= 4 is 22.8 Å². The lowest BCUT2D eigenvalue weighted by Gasteiger charge is -2.05. The monoisotopic (exact) mass is 356 g/mol. The molecular formula is C18H24N6O2. The van der Waals surface area contributed by atoms with E-state index in [4.69, 9.17) is 10.2 Å². The highest BCUT2D eigenvalue weighted by Gasteiger charge is 2.16. The maximum Gasteiger partial charge on any atom is 0.271 e. The Labute approximate surface area is 154 Å². The number of carbonyl (C=O) groups excluding carboxylic acids is 1. The molecule has 0 saturated heterocycles. The molecule has 4 aromatic rings. The first kappa shape index (κ1) is 15.8. The van der Waals surface area contributed by atoms with Gasteiger partial charge in [-0.2, -0.15) is 0 Å². The summed E-state index contributed by atoms with van der Waals surface area (Å²) in [5.74, 6) is 0.941. The predicted molar refractivity (Wildman–Crippen MR) is 105 cm³/mol. The predicted octanol–water partition coefficient (Wildman–Crippen LogP) is 3.42. The summed E-state index contributed by atoms with van der Waals surface area (Å²) in [6, 6.07) is 9.40. The molecule has 0 aliphatic rings. The molecule has 0 atom stereocenters. The number of nitrogen functional groups attached to an aromatic ring is 1. The Morgan fingerprint density at radius 2 is 2.23 bits per heavy atom. The zero-order chi connectivity index (χ0) is 18.1. The minimum atomic E-state index is -0.373. The number of nitrogens with two attached hydrogens (primary N) is 1. The van der Waals surface area contributed by atoms with Crippen molar-refractivity contribution in [3.8, 4) is 11.5 Å². The van der Waals surface area contributed by atoms with Crippen LogP contribution in [0, 0.1) is 6.92 Å². The van der Waals surface area contributed by atoms with Crippen molar-refractivity contribution in [1.29, 1.82) is 0 Å². The zero-order valence-corrected chi connectivity index (χ0v) is 14.0. The lowest BCUT2D eigenvalue weighted by molar-refractivity contribution is 0.0943. The lowest BCUT2D eigenvalue weighted by Crippen LogP contribution is -2.24. The molecule has 0 saturated carbocycles. The number of aryl methyl sites for hydroxylation is 1. The summed E-state index contributed by atoms with van der Waals surface area (Å²) in [5, 5.41) is 2.73. The third kappa shape index (κ3) is 3.00. The summed E-state index contributed by atoms with van der Waals surface area (Å²) in [5.41, 5.74) is 9.20. The van der Waals surface area contributed by atoms with Gasteiger partial charge in [0.05, 0.1) is 30.0 Å². The summed E-state index contributed by atoms with van der Waals surface area (Å²) in [7, 11) is 0. The van der Waals surface area contributed by atoms with Crippen LogP contribution in [-0.4, -0.2) is 25.8 Å². The van der Waals surface area contributed by atoms with Crippen LogP contribution in [0.2, 0.25) is 0 Å².